The van der Waals surface area contributed by atoms with E-state index in [2.05, 4.69) is 10.6 Å². The van der Waals surface area contributed by atoms with Gasteiger partial charge >= 0.3 is 6.09 Å². The molecule has 0 bridgehead atoms. The van der Waals surface area contributed by atoms with Gasteiger partial charge in [-0.25, -0.2) is 4.79 Å². The molecule has 0 heterocycles. The molecule has 35 heavy (non-hydrogen) atoms. The van der Waals surface area contributed by atoms with Crippen molar-refractivity contribution in [2.75, 3.05) is 5.75 Å². The summed E-state index contributed by atoms with van der Waals surface area (Å²) in [5, 5.41) is 5.33. The van der Waals surface area contributed by atoms with Crippen molar-refractivity contribution in [1.29, 1.82) is 0 Å². The molecule has 0 saturated heterocycles. The van der Waals surface area contributed by atoms with Crippen LogP contribution in [0.2, 0.25) is 0 Å². The van der Waals surface area contributed by atoms with Crippen LogP contribution in [0.4, 0.5) is 4.79 Å². The Kier molecular flexibility index (Phi) is 10.2. The number of alkyl carbamates (subject to hydrolysis) is 1. The van der Waals surface area contributed by atoms with Gasteiger partial charge in [0.15, 0.2) is 0 Å². The van der Waals surface area contributed by atoms with E-state index >= 15 is 0 Å². The van der Waals surface area contributed by atoms with E-state index in [1.165, 1.54) is 11.8 Å². The van der Waals surface area contributed by atoms with E-state index in [-0.39, 0.29) is 18.8 Å². The van der Waals surface area contributed by atoms with Crippen LogP contribution in [0.3, 0.4) is 0 Å². The predicted octanol–water partition coefficient (Wildman–Crippen LogP) is 3.43. The number of carbonyl (C=O) groups excluding carboxylic acids is 3. The van der Waals surface area contributed by atoms with Crippen molar-refractivity contribution in [3.05, 3.63) is 108 Å². The van der Waals surface area contributed by atoms with Crippen LogP contribution >= 0.6 is 11.8 Å². The van der Waals surface area contributed by atoms with Gasteiger partial charge in [0.1, 0.15) is 18.7 Å². The van der Waals surface area contributed by atoms with E-state index in [4.69, 9.17) is 10.5 Å². The maximum Gasteiger partial charge on any atom is 0.408 e. The summed E-state index contributed by atoms with van der Waals surface area (Å²) in [6.07, 6.45) is -0.461. The maximum absolute atomic E-state index is 13.1. The fourth-order valence-corrected chi connectivity index (χ4v) is 4.32. The number of carbonyl (C=O) groups is 3. The molecule has 2 unspecified atom stereocenters. The molecule has 0 aliphatic rings. The molecule has 3 amide bonds. The van der Waals surface area contributed by atoms with Gasteiger partial charge in [-0.3, -0.25) is 9.59 Å². The summed E-state index contributed by atoms with van der Waals surface area (Å²) in [4.78, 5) is 37.6. The van der Waals surface area contributed by atoms with E-state index in [9.17, 15) is 14.4 Å². The Labute approximate surface area is 209 Å². The van der Waals surface area contributed by atoms with Crippen LogP contribution in [0.15, 0.2) is 91.0 Å². The minimum Gasteiger partial charge on any atom is -0.445 e. The Morgan fingerprint density at radius 2 is 1.29 bits per heavy atom. The first kappa shape index (κ1) is 25.8. The van der Waals surface area contributed by atoms with E-state index in [1.807, 2.05) is 91.0 Å². The largest absolute Gasteiger partial charge is 0.445 e. The zero-order valence-corrected chi connectivity index (χ0v) is 20.1. The van der Waals surface area contributed by atoms with Crippen LogP contribution in [-0.4, -0.2) is 35.7 Å². The highest BCUT2D eigenvalue weighted by molar-refractivity contribution is 7.98. The second-order valence-corrected chi connectivity index (χ2v) is 8.94. The Balaban J connectivity index is 1.62. The van der Waals surface area contributed by atoms with Gasteiger partial charge in [-0.15, -0.1) is 0 Å². The Morgan fingerprint density at radius 3 is 1.86 bits per heavy atom. The highest BCUT2D eigenvalue weighted by Gasteiger charge is 2.26. The van der Waals surface area contributed by atoms with Gasteiger partial charge in [0.25, 0.3) is 0 Å². The maximum atomic E-state index is 13.1. The molecule has 0 aliphatic carbocycles. The highest BCUT2D eigenvalue weighted by Crippen LogP contribution is 2.14. The van der Waals surface area contributed by atoms with Gasteiger partial charge < -0.3 is 21.1 Å². The number of hydrogen-bond acceptors (Lipinski definition) is 5. The third kappa shape index (κ3) is 9.17. The third-order valence-corrected chi connectivity index (χ3v) is 6.27. The van der Waals surface area contributed by atoms with Crippen molar-refractivity contribution < 1.29 is 19.1 Å². The molecule has 7 nitrogen and oxygen atoms in total. The van der Waals surface area contributed by atoms with Gasteiger partial charge in [-0.05, 0) is 16.7 Å². The van der Waals surface area contributed by atoms with Gasteiger partial charge in [0, 0.05) is 17.9 Å². The number of nitrogens with one attached hydrogen (secondary N) is 2. The Hall–Kier alpha value is -3.78. The van der Waals surface area contributed by atoms with Crippen molar-refractivity contribution in [1.82, 2.24) is 10.6 Å². The molecule has 0 aliphatic heterocycles. The molecular weight excluding hydrogens is 462 g/mol. The number of nitrogens with two attached hydrogens (primary N) is 1. The van der Waals surface area contributed by atoms with Crippen molar-refractivity contribution in [3.63, 3.8) is 0 Å². The van der Waals surface area contributed by atoms with E-state index in [0.29, 0.717) is 5.75 Å². The van der Waals surface area contributed by atoms with Gasteiger partial charge in [-0.2, -0.15) is 11.8 Å². The Bertz CT molecular complexity index is 1080. The average molecular weight is 492 g/mol. The number of amides is 3. The van der Waals surface area contributed by atoms with Crippen molar-refractivity contribution in [2.45, 2.75) is 30.9 Å². The normalized spacial score (nSPS) is 12.2. The van der Waals surface area contributed by atoms with Crippen molar-refractivity contribution in [2.24, 2.45) is 5.73 Å². The Morgan fingerprint density at radius 1 is 0.743 bits per heavy atom. The summed E-state index contributed by atoms with van der Waals surface area (Å²) in [6.45, 7) is 0.0795. The van der Waals surface area contributed by atoms with Crippen LogP contribution in [0.1, 0.15) is 16.7 Å². The number of primary amides is 1. The van der Waals surface area contributed by atoms with Crippen LogP contribution in [-0.2, 0) is 33.1 Å². The summed E-state index contributed by atoms with van der Waals surface area (Å²) in [5.41, 5.74) is 8.35. The lowest BCUT2D eigenvalue weighted by atomic mass is 10.1. The molecule has 0 saturated carbocycles. The number of ether oxygens (including phenoxy) is 1. The number of rotatable bonds is 12. The SMILES string of the molecule is NC(=O)C(Cc1ccccc1)NC(=O)C(CSCc1ccccc1)NC(=O)OCc1ccccc1. The second-order valence-electron chi connectivity index (χ2n) is 7.91. The van der Waals surface area contributed by atoms with Crippen molar-refractivity contribution >= 4 is 29.7 Å². The fraction of sp³-hybridized carbons (Fsp3) is 0.222. The topological polar surface area (TPSA) is 111 Å². The lowest BCUT2D eigenvalue weighted by Gasteiger charge is -2.22. The zero-order chi connectivity index (χ0) is 24.9. The van der Waals surface area contributed by atoms with E-state index in [1.54, 1.807) is 0 Å². The summed E-state index contributed by atoms with van der Waals surface area (Å²) in [7, 11) is 0. The minimum atomic E-state index is -0.912. The summed E-state index contributed by atoms with van der Waals surface area (Å²) < 4.78 is 5.29. The molecule has 3 aromatic rings. The predicted molar refractivity (Wildman–Crippen MR) is 137 cm³/mol. The molecule has 0 aromatic heterocycles. The van der Waals surface area contributed by atoms with E-state index in [0.717, 1.165) is 16.7 Å². The standard InChI is InChI=1S/C27H29N3O4S/c28-25(31)23(16-20-10-4-1-5-11-20)29-26(32)24(19-35-18-22-14-8-3-9-15-22)30-27(33)34-17-21-12-6-2-7-13-21/h1-15,23-24H,16-19H2,(H2,28,31)(H,29,32)(H,30,33). The lowest BCUT2D eigenvalue weighted by Crippen LogP contribution is -2.54. The van der Waals surface area contributed by atoms with E-state index < -0.39 is 30.0 Å². The van der Waals surface area contributed by atoms with Crippen LogP contribution in [0, 0.1) is 0 Å². The number of thioether (sulfide) groups is 1. The molecule has 8 heteroatoms. The minimum absolute atomic E-state index is 0.0795. The monoisotopic (exact) mass is 491 g/mol. The molecule has 0 radical (unpaired) electrons. The van der Waals surface area contributed by atoms with Gasteiger partial charge in [0.2, 0.25) is 11.8 Å². The molecule has 3 aromatic carbocycles. The fourth-order valence-electron chi connectivity index (χ4n) is 3.30. The molecule has 182 valence electrons. The molecule has 3 rings (SSSR count). The summed E-state index contributed by atoms with van der Waals surface area (Å²) in [5.74, 6) is -0.196. The average Bonchev–Trinajstić information content (AvgIpc) is 2.88. The second kappa shape index (κ2) is 13.8. The summed E-state index contributed by atoms with van der Waals surface area (Å²) in [6, 6.07) is 26.5. The van der Waals surface area contributed by atoms with Crippen LogP contribution in [0.5, 0.6) is 0 Å². The summed E-state index contributed by atoms with van der Waals surface area (Å²) >= 11 is 1.49. The molecule has 0 fully saturated rings. The first-order valence-corrected chi connectivity index (χ1v) is 12.4. The smallest absolute Gasteiger partial charge is 0.408 e. The van der Waals surface area contributed by atoms with Crippen LogP contribution < -0.4 is 16.4 Å². The van der Waals surface area contributed by atoms with Crippen molar-refractivity contribution in [3.8, 4) is 0 Å². The molecule has 4 N–H and O–H groups in total. The van der Waals surface area contributed by atoms with Crippen LogP contribution in [0.25, 0.3) is 0 Å². The lowest BCUT2D eigenvalue weighted by molar-refractivity contribution is -0.128. The molecule has 0 spiro atoms. The van der Waals surface area contributed by atoms with Gasteiger partial charge in [0.05, 0.1) is 0 Å². The first-order chi connectivity index (χ1) is 17.0. The number of hydrogen-bond donors (Lipinski definition) is 3. The molecular formula is C27H29N3O4S. The third-order valence-electron chi connectivity index (χ3n) is 5.16. The first-order valence-electron chi connectivity index (χ1n) is 11.2. The molecule has 2 atom stereocenters. The highest BCUT2D eigenvalue weighted by atomic mass is 32.2. The number of benzene rings is 3. The van der Waals surface area contributed by atoms with Gasteiger partial charge in [-0.1, -0.05) is 91.0 Å². The quantitative estimate of drug-likeness (QED) is 0.360. The zero-order valence-electron chi connectivity index (χ0n) is 19.3.